The van der Waals surface area contributed by atoms with E-state index in [1.54, 1.807) is 0 Å². The number of rotatable bonds is 1. The molecule has 3 nitrogen and oxygen atoms in total. The van der Waals surface area contributed by atoms with Gasteiger partial charge in [-0.05, 0) is 25.5 Å². The molecule has 0 unspecified atom stereocenters. The third kappa shape index (κ3) is 1.18. The highest BCUT2D eigenvalue weighted by atomic mass is 16.3. The summed E-state index contributed by atoms with van der Waals surface area (Å²) in [5.41, 5.74) is 1.12. The van der Waals surface area contributed by atoms with Gasteiger partial charge < -0.3 is 10.3 Å². The van der Waals surface area contributed by atoms with Crippen molar-refractivity contribution in [1.82, 2.24) is 0 Å². The molecule has 0 aromatic carbocycles. The van der Waals surface area contributed by atoms with Crippen molar-refractivity contribution in [1.29, 1.82) is 0 Å². The SMILES string of the molecule is Cc1cc(/C=N/N)oc1C. The molecule has 0 atom stereocenters. The van der Waals surface area contributed by atoms with Crippen LogP contribution in [0, 0.1) is 13.8 Å². The number of hydrazone groups is 1. The lowest BCUT2D eigenvalue weighted by Gasteiger charge is -1.81. The Labute approximate surface area is 59.5 Å². The van der Waals surface area contributed by atoms with Gasteiger partial charge in [0.15, 0.2) is 0 Å². The van der Waals surface area contributed by atoms with Crippen LogP contribution in [0.1, 0.15) is 17.1 Å². The molecule has 0 aliphatic rings. The van der Waals surface area contributed by atoms with Crippen LogP contribution in [-0.4, -0.2) is 6.21 Å². The zero-order valence-corrected chi connectivity index (χ0v) is 6.09. The molecule has 0 radical (unpaired) electrons. The summed E-state index contributed by atoms with van der Waals surface area (Å²) < 4.78 is 5.23. The number of nitrogens with zero attached hydrogens (tertiary/aromatic N) is 1. The van der Waals surface area contributed by atoms with Gasteiger partial charge in [-0.25, -0.2) is 0 Å². The molecule has 54 valence electrons. The second-order valence-electron chi connectivity index (χ2n) is 2.17. The Kier molecular flexibility index (Phi) is 1.76. The summed E-state index contributed by atoms with van der Waals surface area (Å²) in [6.07, 6.45) is 1.49. The van der Waals surface area contributed by atoms with Crippen LogP contribution in [0.15, 0.2) is 15.6 Å². The lowest BCUT2D eigenvalue weighted by molar-refractivity contribution is 0.525. The molecule has 0 fully saturated rings. The Morgan fingerprint density at radius 3 is 2.70 bits per heavy atom. The van der Waals surface area contributed by atoms with E-state index < -0.39 is 0 Å². The van der Waals surface area contributed by atoms with Crippen molar-refractivity contribution in [3.8, 4) is 0 Å². The lowest BCUT2D eigenvalue weighted by atomic mass is 10.3. The first-order valence-corrected chi connectivity index (χ1v) is 3.04. The van der Waals surface area contributed by atoms with Gasteiger partial charge in [-0.15, -0.1) is 0 Å². The number of hydrogen-bond acceptors (Lipinski definition) is 3. The van der Waals surface area contributed by atoms with E-state index in [0.29, 0.717) is 5.76 Å². The molecule has 3 heteroatoms. The van der Waals surface area contributed by atoms with Gasteiger partial charge in [-0.3, -0.25) is 0 Å². The van der Waals surface area contributed by atoms with Crippen LogP contribution in [0.3, 0.4) is 0 Å². The summed E-state index contributed by atoms with van der Waals surface area (Å²) in [5, 5.41) is 3.34. The summed E-state index contributed by atoms with van der Waals surface area (Å²) in [5.74, 6) is 6.55. The number of furan rings is 1. The number of aryl methyl sites for hydroxylation is 2. The van der Waals surface area contributed by atoms with E-state index in [9.17, 15) is 0 Å². The normalized spacial score (nSPS) is 11.0. The maximum Gasteiger partial charge on any atom is 0.147 e. The van der Waals surface area contributed by atoms with E-state index in [4.69, 9.17) is 10.3 Å². The van der Waals surface area contributed by atoms with Gasteiger partial charge in [0.25, 0.3) is 0 Å². The monoisotopic (exact) mass is 138 g/mol. The molecule has 1 rings (SSSR count). The van der Waals surface area contributed by atoms with Crippen molar-refractivity contribution in [2.75, 3.05) is 0 Å². The Balaban J connectivity index is 2.98. The summed E-state index contributed by atoms with van der Waals surface area (Å²) in [4.78, 5) is 0. The van der Waals surface area contributed by atoms with Crippen LogP contribution >= 0.6 is 0 Å². The van der Waals surface area contributed by atoms with Gasteiger partial charge in [-0.2, -0.15) is 5.10 Å². The lowest BCUT2D eigenvalue weighted by Crippen LogP contribution is -1.81. The second-order valence-corrected chi connectivity index (χ2v) is 2.17. The maximum atomic E-state index is 5.23. The van der Waals surface area contributed by atoms with E-state index in [1.165, 1.54) is 6.21 Å². The number of hydrogen-bond donors (Lipinski definition) is 1. The highest BCUT2D eigenvalue weighted by molar-refractivity contribution is 5.75. The van der Waals surface area contributed by atoms with Crippen LogP contribution in [0.25, 0.3) is 0 Å². The molecule has 0 saturated carbocycles. The third-order valence-corrected chi connectivity index (χ3v) is 1.39. The molecule has 0 aliphatic carbocycles. The molecular formula is C7H10N2O. The van der Waals surface area contributed by atoms with Crippen molar-refractivity contribution < 1.29 is 4.42 Å². The number of nitrogens with two attached hydrogens (primary N) is 1. The Morgan fingerprint density at radius 1 is 1.60 bits per heavy atom. The molecule has 10 heavy (non-hydrogen) atoms. The van der Waals surface area contributed by atoms with Crippen molar-refractivity contribution in [3.05, 3.63) is 23.2 Å². The van der Waals surface area contributed by atoms with Crippen LogP contribution < -0.4 is 5.84 Å². The fraction of sp³-hybridized carbons (Fsp3) is 0.286. The zero-order valence-electron chi connectivity index (χ0n) is 6.09. The van der Waals surface area contributed by atoms with Gasteiger partial charge in [0.1, 0.15) is 11.5 Å². The summed E-state index contributed by atoms with van der Waals surface area (Å²) in [6, 6.07) is 1.89. The smallest absolute Gasteiger partial charge is 0.147 e. The summed E-state index contributed by atoms with van der Waals surface area (Å²) in [6.45, 7) is 3.88. The highest BCUT2D eigenvalue weighted by Gasteiger charge is 1.98. The van der Waals surface area contributed by atoms with Gasteiger partial charge in [-0.1, -0.05) is 0 Å². The molecule has 0 amide bonds. The van der Waals surface area contributed by atoms with Crippen LogP contribution in [0.4, 0.5) is 0 Å². The van der Waals surface area contributed by atoms with Gasteiger partial charge >= 0.3 is 0 Å². The van der Waals surface area contributed by atoms with E-state index >= 15 is 0 Å². The summed E-state index contributed by atoms with van der Waals surface area (Å²) >= 11 is 0. The first kappa shape index (κ1) is 6.86. The van der Waals surface area contributed by atoms with Gasteiger partial charge in [0.05, 0.1) is 6.21 Å². The van der Waals surface area contributed by atoms with Crippen molar-refractivity contribution in [2.45, 2.75) is 13.8 Å². The molecule has 0 saturated heterocycles. The average molecular weight is 138 g/mol. The maximum absolute atomic E-state index is 5.23. The Morgan fingerprint density at radius 2 is 2.30 bits per heavy atom. The van der Waals surface area contributed by atoms with Gasteiger partial charge in [0, 0.05) is 0 Å². The molecule has 1 aromatic rings. The van der Waals surface area contributed by atoms with E-state index in [1.807, 2.05) is 19.9 Å². The molecule has 0 aliphatic heterocycles. The van der Waals surface area contributed by atoms with Gasteiger partial charge in [0.2, 0.25) is 0 Å². The molecule has 0 spiro atoms. The second kappa shape index (κ2) is 2.56. The van der Waals surface area contributed by atoms with Crippen LogP contribution in [0.5, 0.6) is 0 Å². The molecule has 1 aromatic heterocycles. The first-order chi connectivity index (χ1) is 4.74. The predicted octanol–water partition coefficient (Wildman–Crippen LogP) is 1.19. The standard InChI is InChI=1S/C7H10N2O/c1-5-3-7(4-9-8)10-6(5)2/h3-4H,8H2,1-2H3/b9-4+. The van der Waals surface area contributed by atoms with Crippen LogP contribution in [0.2, 0.25) is 0 Å². The molecule has 0 bridgehead atoms. The van der Waals surface area contributed by atoms with Crippen LogP contribution in [-0.2, 0) is 0 Å². The van der Waals surface area contributed by atoms with Crippen molar-refractivity contribution >= 4 is 6.21 Å². The molecule has 1 heterocycles. The minimum atomic E-state index is 0.706. The minimum Gasteiger partial charge on any atom is -0.460 e. The minimum absolute atomic E-state index is 0.706. The quantitative estimate of drug-likeness (QED) is 0.360. The average Bonchev–Trinajstić information content (AvgIpc) is 2.14. The first-order valence-electron chi connectivity index (χ1n) is 3.04. The van der Waals surface area contributed by atoms with Crippen molar-refractivity contribution in [3.63, 3.8) is 0 Å². The summed E-state index contributed by atoms with van der Waals surface area (Å²) in [7, 11) is 0. The molecule has 2 N–H and O–H groups in total. The highest BCUT2D eigenvalue weighted by Crippen LogP contribution is 2.10. The molecular weight excluding hydrogens is 128 g/mol. The zero-order chi connectivity index (χ0) is 7.56. The van der Waals surface area contributed by atoms with E-state index in [-0.39, 0.29) is 0 Å². The fourth-order valence-electron chi connectivity index (χ4n) is 0.739. The third-order valence-electron chi connectivity index (χ3n) is 1.39. The van der Waals surface area contributed by atoms with E-state index in [2.05, 4.69) is 5.10 Å². The van der Waals surface area contributed by atoms with Crippen molar-refractivity contribution in [2.24, 2.45) is 10.9 Å². The van der Waals surface area contributed by atoms with E-state index in [0.717, 1.165) is 11.3 Å². The Bertz CT molecular complexity index is 231. The fourth-order valence-corrected chi connectivity index (χ4v) is 0.739. The predicted molar refractivity (Wildman–Crippen MR) is 40.0 cm³/mol. The topological polar surface area (TPSA) is 51.5 Å². The largest absolute Gasteiger partial charge is 0.460 e. The Hall–Kier alpha value is -1.25.